The fourth-order valence-electron chi connectivity index (χ4n) is 4.35. The minimum Gasteiger partial charge on any atom is -0.494 e. The lowest BCUT2D eigenvalue weighted by molar-refractivity contribution is -0.111. The van der Waals surface area contributed by atoms with Gasteiger partial charge in [0.2, 0.25) is 17.8 Å². The summed E-state index contributed by atoms with van der Waals surface area (Å²) in [4.78, 5) is 37.5. The number of ether oxygens (including phenoxy) is 1. The van der Waals surface area contributed by atoms with Gasteiger partial charge < -0.3 is 35.5 Å². The number of carbonyl (C=O) groups is 2. The normalized spacial score (nSPS) is 11.0. The van der Waals surface area contributed by atoms with Gasteiger partial charge in [-0.25, -0.2) is 9.97 Å². The van der Waals surface area contributed by atoms with Crippen molar-refractivity contribution in [3.05, 3.63) is 66.0 Å². The van der Waals surface area contributed by atoms with Crippen molar-refractivity contribution in [2.75, 3.05) is 56.9 Å². The molecular formula is C29H33ClN8O3. The van der Waals surface area contributed by atoms with Crippen LogP contribution in [0.3, 0.4) is 0 Å². The standard InChI is InChI=1S/C29H33ClN8O3/c1-7-26(39)33-21-14-22(25(41-6)15-24(21)38(5)11-10-36(2)3)34-29-32-16-20(30)27(35-29)19-12-17(28(31)40)13-23-18(19)8-9-37(23)4/h7-9,12-16H,1,10-11H2,2-6H3,(H2,31,40)(H,33,39)(H,32,34,35). The number of nitrogens with zero attached hydrogens (tertiary/aromatic N) is 5. The molecule has 214 valence electrons. The van der Waals surface area contributed by atoms with Gasteiger partial charge in [0.05, 0.1) is 41.1 Å². The van der Waals surface area contributed by atoms with Crippen LogP contribution in [0.4, 0.5) is 23.0 Å². The molecule has 2 amide bonds. The van der Waals surface area contributed by atoms with Crippen LogP contribution in [0.5, 0.6) is 5.75 Å². The highest BCUT2D eigenvalue weighted by Crippen LogP contribution is 2.39. The number of anilines is 4. The van der Waals surface area contributed by atoms with Crippen LogP contribution in [0, 0.1) is 0 Å². The molecule has 0 saturated heterocycles. The first kappa shape index (κ1) is 29.4. The zero-order chi connectivity index (χ0) is 29.8. The number of nitrogens with one attached hydrogen (secondary N) is 2. The van der Waals surface area contributed by atoms with Crippen molar-refractivity contribution >= 4 is 57.3 Å². The number of aromatic nitrogens is 3. The maximum absolute atomic E-state index is 12.3. The molecule has 4 rings (SSSR count). The Morgan fingerprint density at radius 3 is 2.59 bits per heavy atom. The molecule has 2 aromatic carbocycles. The Bertz CT molecular complexity index is 1630. The van der Waals surface area contributed by atoms with Gasteiger partial charge in [-0.15, -0.1) is 0 Å². The molecule has 4 aromatic rings. The number of halogens is 1. The number of benzene rings is 2. The Labute approximate surface area is 243 Å². The van der Waals surface area contributed by atoms with E-state index in [1.165, 1.54) is 12.3 Å². The summed E-state index contributed by atoms with van der Waals surface area (Å²) in [5.74, 6) is -0.178. The van der Waals surface area contributed by atoms with Crippen LogP contribution in [-0.2, 0) is 11.8 Å². The average molecular weight is 577 g/mol. The van der Waals surface area contributed by atoms with E-state index in [-0.39, 0.29) is 11.9 Å². The molecule has 0 saturated carbocycles. The Balaban J connectivity index is 1.79. The molecule has 0 radical (unpaired) electrons. The van der Waals surface area contributed by atoms with Crippen LogP contribution >= 0.6 is 11.6 Å². The molecule has 4 N–H and O–H groups in total. The third-order valence-electron chi connectivity index (χ3n) is 6.59. The van der Waals surface area contributed by atoms with Gasteiger partial charge in [-0.05, 0) is 44.4 Å². The molecule has 0 bridgehead atoms. The summed E-state index contributed by atoms with van der Waals surface area (Å²) in [7, 11) is 9.36. The molecule has 2 aromatic heterocycles. The van der Waals surface area contributed by atoms with E-state index in [1.54, 1.807) is 25.3 Å². The molecule has 0 aliphatic carbocycles. The molecule has 0 atom stereocenters. The monoisotopic (exact) mass is 576 g/mol. The number of carbonyl (C=O) groups excluding carboxylic acids is 2. The lowest BCUT2D eigenvalue weighted by Gasteiger charge is -2.26. The predicted octanol–water partition coefficient (Wildman–Crippen LogP) is 4.26. The number of nitrogens with two attached hydrogens (primary N) is 1. The van der Waals surface area contributed by atoms with Crippen molar-refractivity contribution in [3.8, 4) is 17.0 Å². The molecular weight excluding hydrogens is 544 g/mol. The number of primary amides is 1. The fraction of sp³-hybridized carbons (Fsp3) is 0.241. The number of hydrogen-bond acceptors (Lipinski definition) is 8. The van der Waals surface area contributed by atoms with Gasteiger partial charge in [0.1, 0.15) is 5.75 Å². The molecule has 0 unspecified atom stereocenters. The smallest absolute Gasteiger partial charge is 0.248 e. The molecule has 11 nitrogen and oxygen atoms in total. The summed E-state index contributed by atoms with van der Waals surface area (Å²) < 4.78 is 7.58. The van der Waals surface area contributed by atoms with Crippen LogP contribution in [0.15, 0.2) is 55.4 Å². The van der Waals surface area contributed by atoms with Crippen LogP contribution < -0.4 is 26.0 Å². The van der Waals surface area contributed by atoms with Crippen molar-refractivity contribution < 1.29 is 14.3 Å². The SMILES string of the molecule is C=CC(=O)Nc1cc(Nc2ncc(Cl)c(-c3cc(C(N)=O)cc4c3ccn4C)n2)c(OC)cc1N(C)CCN(C)C. The molecule has 0 spiro atoms. The zero-order valence-corrected chi connectivity index (χ0v) is 24.4. The summed E-state index contributed by atoms with van der Waals surface area (Å²) in [6.45, 7) is 5.08. The summed E-state index contributed by atoms with van der Waals surface area (Å²) in [6.07, 6.45) is 4.57. The third kappa shape index (κ3) is 6.42. The first-order valence-electron chi connectivity index (χ1n) is 12.7. The second-order valence-corrected chi connectivity index (χ2v) is 10.2. The van der Waals surface area contributed by atoms with Gasteiger partial charge in [0.25, 0.3) is 0 Å². The quantitative estimate of drug-likeness (QED) is 0.226. The first-order valence-corrected chi connectivity index (χ1v) is 13.1. The van der Waals surface area contributed by atoms with Gasteiger partial charge in [0, 0.05) is 61.5 Å². The van der Waals surface area contributed by atoms with Crippen molar-refractivity contribution in [1.29, 1.82) is 0 Å². The van der Waals surface area contributed by atoms with Crippen LogP contribution in [0.2, 0.25) is 5.02 Å². The van der Waals surface area contributed by atoms with E-state index in [2.05, 4.69) is 27.1 Å². The van der Waals surface area contributed by atoms with E-state index in [1.807, 2.05) is 56.0 Å². The number of aryl methyl sites for hydroxylation is 1. The van der Waals surface area contributed by atoms with Crippen molar-refractivity contribution in [3.63, 3.8) is 0 Å². The van der Waals surface area contributed by atoms with Gasteiger partial charge in [-0.2, -0.15) is 0 Å². The van der Waals surface area contributed by atoms with Crippen LogP contribution in [-0.4, -0.2) is 72.6 Å². The molecule has 41 heavy (non-hydrogen) atoms. The fourth-order valence-corrected chi connectivity index (χ4v) is 4.55. The van der Waals surface area contributed by atoms with E-state index in [4.69, 9.17) is 27.1 Å². The summed E-state index contributed by atoms with van der Waals surface area (Å²) in [5, 5.41) is 7.21. The Kier molecular flexibility index (Phi) is 8.80. The van der Waals surface area contributed by atoms with Crippen molar-refractivity contribution in [2.24, 2.45) is 12.8 Å². The Morgan fingerprint density at radius 1 is 1.17 bits per heavy atom. The lowest BCUT2D eigenvalue weighted by Crippen LogP contribution is -2.29. The highest BCUT2D eigenvalue weighted by molar-refractivity contribution is 6.33. The van der Waals surface area contributed by atoms with E-state index in [0.717, 1.165) is 23.1 Å². The van der Waals surface area contributed by atoms with E-state index in [9.17, 15) is 9.59 Å². The van der Waals surface area contributed by atoms with Gasteiger partial charge >= 0.3 is 0 Å². The van der Waals surface area contributed by atoms with E-state index < -0.39 is 5.91 Å². The van der Waals surface area contributed by atoms with Crippen LogP contribution in [0.25, 0.3) is 22.2 Å². The lowest BCUT2D eigenvalue weighted by atomic mass is 10.0. The zero-order valence-electron chi connectivity index (χ0n) is 23.7. The van der Waals surface area contributed by atoms with Gasteiger partial charge in [-0.1, -0.05) is 18.2 Å². The second kappa shape index (κ2) is 12.3. The summed E-state index contributed by atoms with van der Waals surface area (Å²) in [6, 6.07) is 8.91. The molecule has 0 aliphatic rings. The largest absolute Gasteiger partial charge is 0.494 e. The molecule has 12 heteroatoms. The van der Waals surface area contributed by atoms with E-state index in [0.29, 0.717) is 45.5 Å². The number of rotatable bonds is 11. The van der Waals surface area contributed by atoms with Gasteiger partial charge in [0.15, 0.2) is 0 Å². The highest BCUT2D eigenvalue weighted by Gasteiger charge is 2.19. The number of hydrogen-bond donors (Lipinski definition) is 3. The Morgan fingerprint density at radius 2 is 1.93 bits per heavy atom. The maximum Gasteiger partial charge on any atom is 0.248 e. The third-order valence-corrected chi connectivity index (χ3v) is 6.86. The maximum atomic E-state index is 12.3. The van der Waals surface area contributed by atoms with Crippen molar-refractivity contribution in [2.45, 2.75) is 0 Å². The number of fused-ring (bicyclic) bond motifs is 1. The molecule has 0 aliphatic heterocycles. The number of amides is 2. The molecule has 0 fully saturated rings. The van der Waals surface area contributed by atoms with Crippen LogP contribution in [0.1, 0.15) is 10.4 Å². The number of likely N-dealkylation sites (N-methyl/N-ethyl adjacent to an activating group) is 2. The topological polar surface area (TPSA) is 131 Å². The minimum absolute atomic E-state index is 0.228. The highest BCUT2D eigenvalue weighted by atomic mass is 35.5. The summed E-state index contributed by atoms with van der Waals surface area (Å²) in [5.41, 5.74) is 9.63. The first-order chi connectivity index (χ1) is 19.5. The number of methoxy groups -OCH3 is 1. The van der Waals surface area contributed by atoms with Gasteiger partial charge in [-0.3, -0.25) is 9.59 Å². The average Bonchev–Trinajstić information content (AvgIpc) is 3.32. The minimum atomic E-state index is -0.563. The van der Waals surface area contributed by atoms with E-state index >= 15 is 0 Å². The predicted molar refractivity (Wildman–Crippen MR) is 164 cm³/mol. The molecule has 2 heterocycles. The Hall–Kier alpha value is -4.61. The van der Waals surface area contributed by atoms with Crippen molar-refractivity contribution in [1.82, 2.24) is 19.4 Å². The summed E-state index contributed by atoms with van der Waals surface area (Å²) >= 11 is 6.57. The second-order valence-electron chi connectivity index (χ2n) is 9.75.